The molecule has 0 aromatic carbocycles. The van der Waals surface area contributed by atoms with E-state index in [-0.39, 0.29) is 0 Å². The number of hydrogen-bond acceptors (Lipinski definition) is 4. The molecule has 5 heteroatoms. The summed E-state index contributed by atoms with van der Waals surface area (Å²) in [4.78, 5) is 23.1. The fraction of sp³-hybridized carbons (Fsp3) is 0.500. The smallest absolute Gasteiger partial charge is 0.253 e. The normalized spacial score (nSPS) is 21.0. The van der Waals surface area contributed by atoms with E-state index >= 15 is 0 Å². The van der Waals surface area contributed by atoms with Crippen LogP contribution < -0.4 is 0 Å². The number of carbonyl (C=O) groups is 2. The molecule has 2 unspecified atom stereocenters. The second-order valence-corrected chi connectivity index (χ2v) is 2.87. The molecule has 1 rings (SSSR count). The summed E-state index contributed by atoms with van der Waals surface area (Å²) < 4.78 is 0. The Morgan fingerprint density at radius 2 is 1.85 bits per heavy atom. The van der Waals surface area contributed by atoms with Crippen molar-refractivity contribution in [2.75, 3.05) is 6.61 Å². The minimum Gasteiger partial charge on any atom is -0.394 e. The molecule has 72 valence electrons. The summed E-state index contributed by atoms with van der Waals surface area (Å²) in [5.41, 5.74) is 0. The summed E-state index contributed by atoms with van der Waals surface area (Å²) in [6.45, 7) is 1.03. The Morgan fingerprint density at radius 3 is 2.23 bits per heavy atom. The van der Waals surface area contributed by atoms with Crippen molar-refractivity contribution in [2.45, 2.75) is 19.1 Å². The van der Waals surface area contributed by atoms with Crippen LogP contribution in [-0.2, 0) is 9.59 Å². The highest BCUT2D eigenvalue weighted by Gasteiger charge is 2.31. The first-order valence-electron chi connectivity index (χ1n) is 3.92. The Labute approximate surface area is 75.3 Å². The largest absolute Gasteiger partial charge is 0.394 e. The Hall–Kier alpha value is -1.20. The van der Waals surface area contributed by atoms with Crippen molar-refractivity contribution in [2.24, 2.45) is 0 Å². The lowest BCUT2D eigenvalue weighted by molar-refractivity contribution is -0.142. The van der Waals surface area contributed by atoms with Gasteiger partial charge in [-0.2, -0.15) is 0 Å². The van der Waals surface area contributed by atoms with E-state index in [2.05, 4.69) is 0 Å². The van der Waals surface area contributed by atoms with Crippen molar-refractivity contribution in [1.29, 1.82) is 0 Å². The molecule has 2 atom stereocenters. The van der Waals surface area contributed by atoms with E-state index in [1.807, 2.05) is 0 Å². The molecule has 1 aliphatic heterocycles. The third-order valence-corrected chi connectivity index (χ3v) is 1.99. The Bertz CT molecular complexity index is 243. The molecule has 0 spiro atoms. The van der Waals surface area contributed by atoms with Gasteiger partial charge in [-0.15, -0.1) is 0 Å². The molecule has 0 radical (unpaired) electrons. The van der Waals surface area contributed by atoms with Crippen LogP contribution in [0, 0.1) is 0 Å². The zero-order chi connectivity index (χ0) is 10.0. The molecule has 0 saturated heterocycles. The SMILES string of the molecule is CC(C(O)CO)N1C(=O)C=CC1=O. The number of aliphatic hydroxyl groups excluding tert-OH is 2. The molecule has 0 bridgehead atoms. The highest BCUT2D eigenvalue weighted by Crippen LogP contribution is 2.11. The summed E-state index contributed by atoms with van der Waals surface area (Å²) >= 11 is 0. The van der Waals surface area contributed by atoms with E-state index in [0.29, 0.717) is 0 Å². The summed E-state index contributed by atoms with van der Waals surface area (Å²) in [6, 6.07) is -0.694. The van der Waals surface area contributed by atoms with Gasteiger partial charge in [0.2, 0.25) is 0 Å². The molecule has 0 aromatic rings. The molecule has 0 aromatic heterocycles. The summed E-state index contributed by atoms with van der Waals surface area (Å²) in [6.07, 6.45) is 1.19. The predicted molar refractivity (Wildman–Crippen MR) is 43.5 cm³/mol. The van der Waals surface area contributed by atoms with Crippen molar-refractivity contribution in [3.63, 3.8) is 0 Å². The third-order valence-electron chi connectivity index (χ3n) is 1.99. The second-order valence-electron chi connectivity index (χ2n) is 2.87. The van der Waals surface area contributed by atoms with Crippen LogP contribution in [0.3, 0.4) is 0 Å². The average Bonchev–Trinajstić information content (AvgIpc) is 2.44. The van der Waals surface area contributed by atoms with Crippen LogP contribution in [0.4, 0.5) is 0 Å². The van der Waals surface area contributed by atoms with Crippen LogP contribution in [0.15, 0.2) is 12.2 Å². The van der Waals surface area contributed by atoms with Crippen molar-refractivity contribution in [3.05, 3.63) is 12.2 Å². The average molecular weight is 185 g/mol. The Kier molecular flexibility index (Phi) is 2.79. The molecule has 1 heterocycles. The lowest BCUT2D eigenvalue weighted by Gasteiger charge is -2.25. The molecule has 0 fully saturated rings. The van der Waals surface area contributed by atoms with Crippen molar-refractivity contribution >= 4 is 11.8 Å². The van der Waals surface area contributed by atoms with Crippen molar-refractivity contribution < 1.29 is 19.8 Å². The highest BCUT2D eigenvalue weighted by molar-refractivity contribution is 6.13. The number of hydrogen-bond donors (Lipinski definition) is 2. The Balaban J connectivity index is 2.72. The van der Waals surface area contributed by atoms with E-state index in [0.717, 1.165) is 17.1 Å². The number of imide groups is 1. The summed E-state index contributed by atoms with van der Waals surface area (Å²) in [5, 5.41) is 17.8. The van der Waals surface area contributed by atoms with Gasteiger partial charge in [-0.1, -0.05) is 0 Å². The first-order chi connectivity index (χ1) is 6.07. The third kappa shape index (κ3) is 1.76. The van der Waals surface area contributed by atoms with Gasteiger partial charge in [-0.3, -0.25) is 14.5 Å². The molecular formula is C8H11NO4. The molecule has 2 N–H and O–H groups in total. The predicted octanol–water partition coefficient (Wildman–Crippen LogP) is -1.35. The number of nitrogens with zero attached hydrogens (tertiary/aromatic N) is 1. The maximum atomic E-state index is 11.1. The van der Waals surface area contributed by atoms with Gasteiger partial charge in [-0.05, 0) is 6.92 Å². The van der Waals surface area contributed by atoms with Crippen LogP contribution in [0.2, 0.25) is 0 Å². The zero-order valence-corrected chi connectivity index (χ0v) is 7.17. The van der Waals surface area contributed by atoms with E-state index in [1.54, 1.807) is 0 Å². The van der Waals surface area contributed by atoms with Gasteiger partial charge in [0, 0.05) is 12.2 Å². The number of amides is 2. The first-order valence-corrected chi connectivity index (χ1v) is 3.92. The number of carbonyl (C=O) groups excluding carboxylic acids is 2. The molecular weight excluding hydrogens is 174 g/mol. The van der Waals surface area contributed by atoms with Gasteiger partial charge in [0.05, 0.1) is 18.8 Å². The van der Waals surface area contributed by atoms with Gasteiger partial charge in [0.15, 0.2) is 0 Å². The fourth-order valence-electron chi connectivity index (χ4n) is 1.14. The summed E-state index contributed by atoms with van der Waals surface area (Å²) in [7, 11) is 0. The standard InChI is InChI=1S/C8H11NO4/c1-5(6(11)4-10)9-7(12)2-3-8(9)13/h2-3,5-6,10-11H,4H2,1H3. The second kappa shape index (κ2) is 3.68. The topological polar surface area (TPSA) is 77.8 Å². The zero-order valence-electron chi connectivity index (χ0n) is 7.17. The maximum Gasteiger partial charge on any atom is 0.253 e. The van der Waals surface area contributed by atoms with E-state index in [1.165, 1.54) is 6.92 Å². The molecule has 13 heavy (non-hydrogen) atoms. The van der Waals surface area contributed by atoms with Crippen molar-refractivity contribution in [1.82, 2.24) is 4.90 Å². The highest BCUT2D eigenvalue weighted by atomic mass is 16.3. The van der Waals surface area contributed by atoms with Crippen LogP contribution in [0.25, 0.3) is 0 Å². The minimum absolute atomic E-state index is 0.454. The van der Waals surface area contributed by atoms with E-state index in [4.69, 9.17) is 5.11 Å². The molecule has 2 amide bonds. The number of aliphatic hydroxyl groups is 2. The fourth-order valence-corrected chi connectivity index (χ4v) is 1.14. The molecule has 1 aliphatic rings. The van der Waals surface area contributed by atoms with E-state index in [9.17, 15) is 14.7 Å². The Morgan fingerprint density at radius 1 is 1.38 bits per heavy atom. The minimum atomic E-state index is -1.09. The van der Waals surface area contributed by atoms with Gasteiger partial charge < -0.3 is 10.2 Å². The van der Waals surface area contributed by atoms with Crippen molar-refractivity contribution in [3.8, 4) is 0 Å². The van der Waals surface area contributed by atoms with Gasteiger partial charge >= 0.3 is 0 Å². The van der Waals surface area contributed by atoms with Gasteiger partial charge in [0.1, 0.15) is 0 Å². The quantitative estimate of drug-likeness (QED) is 0.533. The van der Waals surface area contributed by atoms with Gasteiger partial charge in [0.25, 0.3) is 11.8 Å². The lowest BCUT2D eigenvalue weighted by Crippen LogP contribution is -2.46. The maximum absolute atomic E-state index is 11.1. The molecule has 5 nitrogen and oxygen atoms in total. The molecule has 0 saturated carbocycles. The molecule has 0 aliphatic carbocycles. The van der Waals surface area contributed by atoms with Crippen LogP contribution in [-0.4, -0.2) is 45.7 Å². The van der Waals surface area contributed by atoms with Crippen LogP contribution in [0.1, 0.15) is 6.92 Å². The van der Waals surface area contributed by atoms with E-state index < -0.39 is 30.6 Å². The van der Waals surface area contributed by atoms with Crippen LogP contribution >= 0.6 is 0 Å². The lowest BCUT2D eigenvalue weighted by atomic mass is 10.2. The van der Waals surface area contributed by atoms with Gasteiger partial charge in [-0.25, -0.2) is 0 Å². The number of rotatable bonds is 3. The van der Waals surface area contributed by atoms with Crippen LogP contribution in [0.5, 0.6) is 0 Å². The first kappa shape index (κ1) is 9.88. The monoisotopic (exact) mass is 185 g/mol. The summed E-state index contributed by atoms with van der Waals surface area (Å²) in [5.74, 6) is -0.907.